The van der Waals surface area contributed by atoms with Crippen LogP contribution in [0.2, 0.25) is 0 Å². The third-order valence-electron chi connectivity index (χ3n) is 4.60. The first-order valence-corrected chi connectivity index (χ1v) is 9.66. The standard InChI is InChI=1S/C19H15FN6OS/c20-14-6-2-1-4-12(14)10-26-17-13(5-3-9-21-17)15(24-26)18(27)23-19-22-16(25-28-19)11-7-8-11/h1-6,9,11H,7-8,10H2,(H,22,23,25,27). The van der Waals surface area contributed by atoms with Crippen LogP contribution in [0.1, 0.15) is 40.6 Å². The predicted octanol–water partition coefficient (Wildman–Crippen LogP) is 3.60. The van der Waals surface area contributed by atoms with E-state index in [0.29, 0.717) is 27.6 Å². The van der Waals surface area contributed by atoms with Crippen LogP contribution in [-0.4, -0.2) is 30.0 Å². The molecule has 1 aliphatic carbocycles. The highest BCUT2D eigenvalue weighted by Crippen LogP contribution is 2.39. The van der Waals surface area contributed by atoms with Gasteiger partial charge in [-0.05, 0) is 31.0 Å². The Morgan fingerprint density at radius 1 is 1.25 bits per heavy atom. The van der Waals surface area contributed by atoms with E-state index in [1.165, 1.54) is 6.07 Å². The molecule has 1 aliphatic rings. The lowest BCUT2D eigenvalue weighted by Crippen LogP contribution is -2.14. The quantitative estimate of drug-likeness (QED) is 0.559. The van der Waals surface area contributed by atoms with E-state index in [4.69, 9.17) is 0 Å². The first kappa shape index (κ1) is 16.9. The summed E-state index contributed by atoms with van der Waals surface area (Å²) in [4.78, 5) is 21.5. The summed E-state index contributed by atoms with van der Waals surface area (Å²) in [6.45, 7) is 0.179. The second-order valence-electron chi connectivity index (χ2n) is 6.66. The van der Waals surface area contributed by atoms with Crippen molar-refractivity contribution in [1.82, 2.24) is 24.1 Å². The first-order valence-electron chi connectivity index (χ1n) is 8.89. The van der Waals surface area contributed by atoms with E-state index in [-0.39, 0.29) is 24.0 Å². The minimum Gasteiger partial charge on any atom is -0.295 e. The van der Waals surface area contributed by atoms with Gasteiger partial charge in [0.05, 0.1) is 11.9 Å². The number of carbonyl (C=O) groups is 1. The summed E-state index contributed by atoms with van der Waals surface area (Å²) in [7, 11) is 0. The summed E-state index contributed by atoms with van der Waals surface area (Å²) in [5, 5.41) is 8.23. The van der Waals surface area contributed by atoms with Gasteiger partial charge in [-0.2, -0.15) is 9.47 Å². The molecule has 0 bridgehead atoms. The Kier molecular flexibility index (Phi) is 4.09. The SMILES string of the molecule is O=C(Nc1nc(C2CC2)ns1)c1nn(Cc2ccccc2F)c2ncccc12. The van der Waals surface area contributed by atoms with Gasteiger partial charge in [-0.1, -0.05) is 18.2 Å². The molecule has 28 heavy (non-hydrogen) atoms. The molecular weight excluding hydrogens is 379 g/mol. The van der Waals surface area contributed by atoms with Crippen LogP contribution >= 0.6 is 11.5 Å². The molecule has 1 fully saturated rings. The molecule has 0 saturated heterocycles. The molecule has 4 aromatic rings. The molecule has 3 aromatic heterocycles. The normalized spacial score (nSPS) is 13.8. The summed E-state index contributed by atoms with van der Waals surface area (Å²) in [5.74, 6) is 0.502. The number of nitrogens with zero attached hydrogens (tertiary/aromatic N) is 5. The maximum Gasteiger partial charge on any atom is 0.278 e. The number of benzene rings is 1. The summed E-state index contributed by atoms with van der Waals surface area (Å²) >= 11 is 1.16. The second kappa shape index (κ2) is 6.75. The van der Waals surface area contributed by atoms with Crippen molar-refractivity contribution in [3.63, 3.8) is 0 Å². The lowest BCUT2D eigenvalue weighted by Gasteiger charge is -2.04. The van der Waals surface area contributed by atoms with Crippen LogP contribution in [0.5, 0.6) is 0 Å². The minimum absolute atomic E-state index is 0.179. The van der Waals surface area contributed by atoms with Gasteiger partial charge < -0.3 is 0 Å². The fourth-order valence-corrected chi connectivity index (χ4v) is 3.67. The Morgan fingerprint density at radius 2 is 2.11 bits per heavy atom. The van der Waals surface area contributed by atoms with Crippen LogP contribution in [0.4, 0.5) is 9.52 Å². The Bertz CT molecular complexity index is 1180. The topological polar surface area (TPSA) is 85.6 Å². The summed E-state index contributed by atoms with van der Waals surface area (Å²) in [6, 6.07) is 10.00. The first-order chi connectivity index (χ1) is 13.7. The number of rotatable bonds is 5. The third kappa shape index (κ3) is 3.13. The van der Waals surface area contributed by atoms with Gasteiger partial charge in [0, 0.05) is 29.2 Å². The Hall–Kier alpha value is -3.20. The van der Waals surface area contributed by atoms with Gasteiger partial charge in [0.15, 0.2) is 11.3 Å². The van der Waals surface area contributed by atoms with Gasteiger partial charge in [-0.25, -0.2) is 19.0 Å². The van der Waals surface area contributed by atoms with Gasteiger partial charge in [-0.3, -0.25) is 10.1 Å². The molecule has 0 radical (unpaired) electrons. The fraction of sp³-hybridized carbons (Fsp3) is 0.211. The maximum atomic E-state index is 14.0. The molecule has 1 N–H and O–H groups in total. The average Bonchev–Trinajstić information content (AvgIpc) is 3.35. The van der Waals surface area contributed by atoms with Gasteiger partial charge >= 0.3 is 0 Å². The number of hydrogen-bond acceptors (Lipinski definition) is 6. The summed E-state index contributed by atoms with van der Waals surface area (Å²) < 4.78 is 19.9. The fourth-order valence-electron chi connectivity index (χ4n) is 3.02. The van der Waals surface area contributed by atoms with Gasteiger partial charge in [0.25, 0.3) is 5.91 Å². The molecule has 3 heterocycles. The molecule has 9 heteroatoms. The van der Waals surface area contributed by atoms with Crippen molar-refractivity contribution in [1.29, 1.82) is 0 Å². The van der Waals surface area contributed by atoms with Crippen LogP contribution in [0.3, 0.4) is 0 Å². The van der Waals surface area contributed by atoms with Gasteiger partial charge in [0.1, 0.15) is 11.6 Å². The van der Waals surface area contributed by atoms with Crippen molar-refractivity contribution in [2.24, 2.45) is 0 Å². The van der Waals surface area contributed by atoms with Crippen LogP contribution in [0.15, 0.2) is 42.6 Å². The predicted molar refractivity (Wildman–Crippen MR) is 103 cm³/mol. The minimum atomic E-state index is -0.385. The Labute approximate surface area is 163 Å². The molecule has 1 amide bonds. The van der Waals surface area contributed by atoms with Gasteiger partial charge in [-0.15, -0.1) is 0 Å². The zero-order valence-corrected chi connectivity index (χ0v) is 15.5. The Morgan fingerprint density at radius 3 is 2.93 bits per heavy atom. The van der Waals surface area contributed by atoms with Crippen molar-refractivity contribution in [2.75, 3.05) is 5.32 Å². The van der Waals surface area contributed by atoms with Crippen molar-refractivity contribution in [2.45, 2.75) is 25.3 Å². The van der Waals surface area contributed by atoms with Crippen molar-refractivity contribution >= 4 is 33.6 Å². The number of fused-ring (bicyclic) bond motifs is 1. The molecule has 0 unspecified atom stereocenters. The Balaban J connectivity index is 1.46. The molecule has 0 spiro atoms. The highest BCUT2D eigenvalue weighted by molar-refractivity contribution is 7.09. The summed E-state index contributed by atoms with van der Waals surface area (Å²) in [6.07, 6.45) is 3.82. The maximum absolute atomic E-state index is 14.0. The van der Waals surface area contributed by atoms with E-state index in [2.05, 4.69) is 24.8 Å². The van der Waals surface area contributed by atoms with Crippen LogP contribution in [0, 0.1) is 5.82 Å². The summed E-state index contributed by atoms with van der Waals surface area (Å²) in [5.41, 5.74) is 1.22. The number of aromatic nitrogens is 5. The van der Waals surface area contributed by atoms with E-state index < -0.39 is 0 Å². The number of pyridine rings is 1. The van der Waals surface area contributed by atoms with E-state index >= 15 is 0 Å². The van der Waals surface area contributed by atoms with Crippen molar-refractivity contribution in [3.8, 4) is 0 Å². The molecule has 7 nitrogen and oxygen atoms in total. The number of halogens is 1. The third-order valence-corrected chi connectivity index (χ3v) is 5.25. The number of carbonyl (C=O) groups excluding carboxylic acids is 1. The molecule has 0 aliphatic heterocycles. The lowest BCUT2D eigenvalue weighted by atomic mass is 10.2. The number of nitrogens with one attached hydrogen (secondary N) is 1. The van der Waals surface area contributed by atoms with E-state index in [0.717, 1.165) is 30.2 Å². The average molecular weight is 394 g/mol. The number of hydrogen-bond donors (Lipinski definition) is 1. The van der Waals surface area contributed by atoms with E-state index in [1.54, 1.807) is 41.2 Å². The largest absolute Gasteiger partial charge is 0.295 e. The van der Waals surface area contributed by atoms with Gasteiger partial charge in [0.2, 0.25) is 5.13 Å². The molecule has 1 aromatic carbocycles. The number of anilines is 1. The van der Waals surface area contributed by atoms with Crippen molar-refractivity contribution < 1.29 is 9.18 Å². The molecule has 5 rings (SSSR count). The van der Waals surface area contributed by atoms with Crippen molar-refractivity contribution in [3.05, 3.63) is 65.5 Å². The van der Waals surface area contributed by atoms with Crippen LogP contribution < -0.4 is 5.32 Å². The highest BCUT2D eigenvalue weighted by Gasteiger charge is 2.28. The van der Waals surface area contributed by atoms with Crippen LogP contribution in [0.25, 0.3) is 11.0 Å². The highest BCUT2D eigenvalue weighted by atomic mass is 32.1. The number of amides is 1. The zero-order valence-electron chi connectivity index (χ0n) is 14.7. The van der Waals surface area contributed by atoms with E-state index in [9.17, 15) is 9.18 Å². The molecular formula is C19H15FN6OS. The smallest absolute Gasteiger partial charge is 0.278 e. The zero-order chi connectivity index (χ0) is 19.1. The molecule has 1 saturated carbocycles. The molecule has 140 valence electrons. The lowest BCUT2D eigenvalue weighted by molar-refractivity contribution is 0.102. The monoisotopic (exact) mass is 394 g/mol. The second-order valence-corrected chi connectivity index (χ2v) is 7.41. The van der Waals surface area contributed by atoms with Crippen LogP contribution in [-0.2, 0) is 6.54 Å². The molecule has 0 atom stereocenters. The van der Waals surface area contributed by atoms with E-state index in [1.807, 2.05) is 0 Å².